The van der Waals surface area contributed by atoms with Gasteiger partial charge in [-0.1, -0.05) is 23.2 Å². The van der Waals surface area contributed by atoms with Crippen LogP contribution in [0.2, 0.25) is 10.0 Å². The van der Waals surface area contributed by atoms with E-state index in [2.05, 4.69) is 10.7 Å². The molecule has 1 atom stereocenters. The highest BCUT2D eigenvalue weighted by molar-refractivity contribution is 6.31. The molecule has 2 aromatic carbocycles. The molecule has 32 heavy (non-hydrogen) atoms. The molecule has 0 bridgehead atoms. The number of halogens is 3. The summed E-state index contributed by atoms with van der Waals surface area (Å²) >= 11 is 11.6. The molecule has 1 fully saturated rings. The first kappa shape index (κ1) is 22.4. The van der Waals surface area contributed by atoms with Crippen LogP contribution in [0.5, 0.6) is 5.75 Å². The van der Waals surface area contributed by atoms with E-state index >= 15 is 0 Å². The number of carbonyl (C=O) groups excluding carboxylic acids is 2. The summed E-state index contributed by atoms with van der Waals surface area (Å²) in [6, 6.07) is 10.8. The van der Waals surface area contributed by atoms with E-state index in [9.17, 15) is 14.0 Å². The third-order valence-corrected chi connectivity index (χ3v) is 5.64. The van der Waals surface area contributed by atoms with E-state index in [0.29, 0.717) is 30.2 Å². The van der Waals surface area contributed by atoms with Gasteiger partial charge in [0, 0.05) is 36.1 Å². The Kier molecular flexibility index (Phi) is 6.83. The predicted molar refractivity (Wildman–Crippen MR) is 118 cm³/mol. The summed E-state index contributed by atoms with van der Waals surface area (Å²) < 4.78 is 24.3. The smallest absolute Gasteiger partial charge is 0.301 e. The number of furan rings is 1. The number of nitrogens with one attached hydrogen (secondary N) is 2. The second-order valence-corrected chi connectivity index (χ2v) is 8.35. The van der Waals surface area contributed by atoms with Gasteiger partial charge in [0.1, 0.15) is 17.1 Å². The number of hydrogen-bond donors (Lipinski definition) is 2. The van der Waals surface area contributed by atoms with E-state index in [1.54, 1.807) is 29.3 Å². The normalized spacial score (nSPS) is 16.3. The number of carbonyl (C=O) groups is 2. The number of nitrogens with zero attached hydrogens (tertiary/aromatic N) is 1. The number of rotatable bonds is 7. The number of hydrogen-bond acceptors (Lipinski definition) is 5. The van der Waals surface area contributed by atoms with Gasteiger partial charge in [0.25, 0.3) is 5.91 Å². The van der Waals surface area contributed by atoms with Crippen LogP contribution in [0.4, 0.5) is 4.39 Å². The van der Waals surface area contributed by atoms with Crippen molar-refractivity contribution in [2.24, 2.45) is 5.92 Å². The minimum absolute atomic E-state index is 0.00982. The first-order valence-electron chi connectivity index (χ1n) is 9.97. The number of ether oxygens (including phenoxy) is 1. The summed E-state index contributed by atoms with van der Waals surface area (Å²) in [4.78, 5) is 24.5. The molecule has 4 rings (SSSR count). The third kappa shape index (κ3) is 5.51. The molecule has 0 radical (unpaired) electrons. The fourth-order valence-electron chi connectivity index (χ4n) is 3.45. The maximum Gasteiger partial charge on any atom is 0.301 e. The van der Waals surface area contributed by atoms with Crippen LogP contribution in [0.25, 0.3) is 11.0 Å². The predicted octanol–water partition coefficient (Wildman–Crippen LogP) is 4.04. The van der Waals surface area contributed by atoms with Crippen LogP contribution in [-0.4, -0.2) is 43.1 Å². The van der Waals surface area contributed by atoms with Crippen molar-refractivity contribution >= 4 is 46.0 Å². The zero-order chi connectivity index (χ0) is 22.7. The topological polar surface area (TPSA) is 83.8 Å². The molecule has 2 N–H and O–H groups in total. The zero-order valence-electron chi connectivity index (χ0n) is 16.9. The lowest BCUT2D eigenvalue weighted by Gasteiger charge is -2.17. The van der Waals surface area contributed by atoms with Gasteiger partial charge in [-0.2, -0.15) is 0 Å². The van der Waals surface area contributed by atoms with Crippen molar-refractivity contribution in [3.63, 3.8) is 0 Å². The summed E-state index contributed by atoms with van der Waals surface area (Å²) in [5, 5.41) is 5.91. The Balaban J connectivity index is 1.20. The van der Waals surface area contributed by atoms with E-state index in [0.717, 1.165) is 17.9 Å². The van der Waals surface area contributed by atoms with Crippen molar-refractivity contribution in [3.05, 3.63) is 64.1 Å². The molecule has 1 aromatic heterocycles. The minimum Gasteiger partial charge on any atom is -0.484 e. The number of amides is 2. The number of hydrazine groups is 1. The van der Waals surface area contributed by atoms with Crippen LogP contribution in [0.1, 0.15) is 17.0 Å². The summed E-state index contributed by atoms with van der Waals surface area (Å²) in [7, 11) is 0. The van der Waals surface area contributed by atoms with Crippen LogP contribution in [0.15, 0.2) is 46.9 Å². The van der Waals surface area contributed by atoms with Crippen molar-refractivity contribution < 1.29 is 23.1 Å². The lowest BCUT2D eigenvalue weighted by molar-refractivity contribution is -0.123. The molecule has 0 spiro atoms. The lowest BCUT2D eigenvalue weighted by Crippen LogP contribution is -2.41. The average molecular weight is 480 g/mol. The molecule has 7 nitrogen and oxygen atoms in total. The van der Waals surface area contributed by atoms with Gasteiger partial charge in [-0.05, 0) is 48.7 Å². The Bertz CT molecular complexity index is 1150. The molecular weight excluding hydrogens is 460 g/mol. The van der Waals surface area contributed by atoms with E-state index in [-0.39, 0.29) is 40.9 Å². The van der Waals surface area contributed by atoms with Crippen LogP contribution in [-0.2, 0) is 4.79 Å². The average Bonchev–Trinajstić information content (AvgIpc) is 3.39. The highest BCUT2D eigenvalue weighted by Gasteiger charge is 2.25. The molecule has 1 saturated heterocycles. The molecule has 10 heteroatoms. The van der Waals surface area contributed by atoms with Gasteiger partial charge in [-0.25, -0.2) is 9.40 Å². The van der Waals surface area contributed by atoms with Gasteiger partial charge in [-0.3, -0.25) is 15.0 Å². The Morgan fingerprint density at radius 3 is 2.84 bits per heavy atom. The van der Waals surface area contributed by atoms with Crippen LogP contribution < -0.4 is 15.5 Å². The van der Waals surface area contributed by atoms with E-state index in [1.807, 2.05) is 0 Å². The minimum atomic E-state index is -0.607. The summed E-state index contributed by atoms with van der Waals surface area (Å²) in [6.07, 6.45) is 0.805. The fraction of sp³-hybridized carbons (Fsp3) is 0.273. The molecule has 168 valence electrons. The molecule has 3 aromatic rings. The molecule has 2 amide bonds. The lowest BCUT2D eigenvalue weighted by atomic mass is 10.1. The van der Waals surface area contributed by atoms with Crippen LogP contribution in [0, 0.1) is 11.7 Å². The summed E-state index contributed by atoms with van der Waals surface area (Å²) in [5.74, 6) is -0.667. The van der Waals surface area contributed by atoms with Crippen molar-refractivity contribution in [1.82, 2.24) is 15.8 Å². The monoisotopic (exact) mass is 479 g/mol. The van der Waals surface area contributed by atoms with Crippen LogP contribution >= 0.6 is 23.2 Å². The number of fused-ring (bicyclic) bond motifs is 1. The van der Waals surface area contributed by atoms with Crippen molar-refractivity contribution in [2.45, 2.75) is 6.42 Å². The van der Waals surface area contributed by atoms with Gasteiger partial charge in [0.05, 0.1) is 5.02 Å². The van der Waals surface area contributed by atoms with Gasteiger partial charge in [-0.15, -0.1) is 0 Å². The van der Waals surface area contributed by atoms with Gasteiger partial charge >= 0.3 is 5.91 Å². The van der Waals surface area contributed by atoms with Crippen molar-refractivity contribution in [1.29, 1.82) is 0 Å². The Labute approximate surface area is 193 Å². The van der Waals surface area contributed by atoms with Gasteiger partial charge in [0.15, 0.2) is 12.4 Å². The standard InChI is InChI=1S/C22H20Cl2FN3O4/c23-15-1-4-19-14(7-15)8-20(32-19)22(30)27-28-6-5-13(11-28)10-26-21(29)12-31-16-2-3-17(24)18(25)9-16/h1-4,7-9,13H,5-6,10-12H2,(H,26,29)(H,27,30)/t13-/m0/s1. The second kappa shape index (κ2) is 9.77. The Morgan fingerprint density at radius 2 is 2.03 bits per heavy atom. The fourth-order valence-corrected chi connectivity index (χ4v) is 3.75. The Morgan fingerprint density at radius 1 is 1.19 bits per heavy atom. The maximum absolute atomic E-state index is 13.4. The number of benzene rings is 2. The molecule has 0 unspecified atom stereocenters. The molecule has 0 saturated carbocycles. The SMILES string of the molecule is O=C(COc1ccc(Cl)c(F)c1)NC[C@@H]1CCN(NC(=O)c2cc3cc(Cl)ccc3o2)C1. The van der Waals surface area contributed by atoms with Crippen molar-refractivity contribution in [2.75, 3.05) is 26.2 Å². The molecule has 1 aliphatic heterocycles. The molecular formula is C22H20Cl2FN3O4. The second-order valence-electron chi connectivity index (χ2n) is 7.50. The van der Waals surface area contributed by atoms with E-state index in [4.69, 9.17) is 32.4 Å². The molecule has 2 heterocycles. The summed E-state index contributed by atoms with van der Waals surface area (Å²) in [5.41, 5.74) is 3.42. The molecule has 0 aliphatic carbocycles. The third-order valence-electron chi connectivity index (χ3n) is 5.10. The quantitative estimate of drug-likeness (QED) is 0.534. The van der Waals surface area contributed by atoms with Crippen LogP contribution in [0.3, 0.4) is 0 Å². The van der Waals surface area contributed by atoms with Gasteiger partial charge < -0.3 is 14.5 Å². The first-order valence-corrected chi connectivity index (χ1v) is 10.7. The first-order chi connectivity index (χ1) is 15.4. The Hall–Kier alpha value is -2.81. The zero-order valence-corrected chi connectivity index (χ0v) is 18.4. The summed E-state index contributed by atoms with van der Waals surface area (Å²) in [6.45, 7) is 1.44. The highest BCUT2D eigenvalue weighted by atomic mass is 35.5. The van der Waals surface area contributed by atoms with Gasteiger partial charge in [0.2, 0.25) is 0 Å². The van der Waals surface area contributed by atoms with Crippen molar-refractivity contribution in [3.8, 4) is 5.75 Å². The molecule has 1 aliphatic rings. The highest BCUT2D eigenvalue weighted by Crippen LogP contribution is 2.23. The van der Waals surface area contributed by atoms with E-state index in [1.165, 1.54) is 12.1 Å². The maximum atomic E-state index is 13.4. The largest absolute Gasteiger partial charge is 0.484 e. The van der Waals surface area contributed by atoms with E-state index < -0.39 is 5.82 Å².